The standard InChI is InChI=1S/C5H11NO/c1-4(3-6)5(2)7/h3-7H,1-2H3. The van der Waals surface area contributed by atoms with Crippen LogP contribution in [0, 0.1) is 11.3 Å². The molecule has 0 fully saturated rings. The second kappa shape index (κ2) is 2.75. The maximum absolute atomic E-state index is 8.67. The van der Waals surface area contributed by atoms with Gasteiger partial charge < -0.3 is 10.5 Å². The van der Waals surface area contributed by atoms with Crippen molar-refractivity contribution in [1.29, 1.82) is 5.41 Å². The molecule has 0 radical (unpaired) electrons. The lowest BCUT2D eigenvalue weighted by molar-refractivity contribution is 0.167. The Morgan fingerprint density at radius 3 is 2.00 bits per heavy atom. The van der Waals surface area contributed by atoms with Gasteiger partial charge in [-0.3, -0.25) is 0 Å². The Morgan fingerprint density at radius 1 is 1.57 bits per heavy atom. The van der Waals surface area contributed by atoms with Crippen LogP contribution in [0.15, 0.2) is 0 Å². The Balaban J connectivity index is 3.33. The molecule has 7 heavy (non-hydrogen) atoms. The first-order valence-corrected chi connectivity index (χ1v) is 2.37. The van der Waals surface area contributed by atoms with Gasteiger partial charge in [0.25, 0.3) is 0 Å². The van der Waals surface area contributed by atoms with Gasteiger partial charge in [0.15, 0.2) is 0 Å². The van der Waals surface area contributed by atoms with Crippen molar-refractivity contribution in [2.75, 3.05) is 0 Å². The number of nitrogens with one attached hydrogen (secondary N) is 1. The molecular weight excluding hydrogens is 90.1 g/mol. The first kappa shape index (κ1) is 6.63. The Kier molecular flexibility index (Phi) is 2.60. The molecule has 0 saturated heterocycles. The summed E-state index contributed by atoms with van der Waals surface area (Å²) in [4.78, 5) is 0. The van der Waals surface area contributed by atoms with Gasteiger partial charge in [-0.1, -0.05) is 6.92 Å². The van der Waals surface area contributed by atoms with Crippen LogP contribution in [0.4, 0.5) is 0 Å². The predicted molar refractivity (Wildman–Crippen MR) is 29.6 cm³/mol. The molecule has 0 aliphatic carbocycles. The maximum Gasteiger partial charge on any atom is 0.0586 e. The van der Waals surface area contributed by atoms with Gasteiger partial charge in [-0.05, 0) is 6.92 Å². The normalized spacial score (nSPS) is 18.1. The molecule has 0 aliphatic heterocycles. The van der Waals surface area contributed by atoms with E-state index in [0.717, 1.165) is 0 Å². The van der Waals surface area contributed by atoms with Crippen molar-refractivity contribution >= 4 is 6.21 Å². The van der Waals surface area contributed by atoms with Crippen molar-refractivity contribution in [1.82, 2.24) is 0 Å². The van der Waals surface area contributed by atoms with E-state index in [1.807, 2.05) is 0 Å². The average molecular weight is 101 g/mol. The van der Waals surface area contributed by atoms with Crippen LogP contribution >= 0.6 is 0 Å². The van der Waals surface area contributed by atoms with E-state index in [9.17, 15) is 0 Å². The number of hydrogen-bond acceptors (Lipinski definition) is 2. The van der Waals surface area contributed by atoms with E-state index in [1.54, 1.807) is 13.8 Å². The SMILES string of the molecule is CC(O)C(C)C=N. The number of hydrogen-bond donors (Lipinski definition) is 2. The van der Waals surface area contributed by atoms with Crippen molar-refractivity contribution in [3.05, 3.63) is 0 Å². The molecule has 0 aromatic carbocycles. The largest absolute Gasteiger partial charge is 0.393 e. The zero-order valence-corrected chi connectivity index (χ0v) is 4.68. The molecule has 0 saturated carbocycles. The van der Waals surface area contributed by atoms with Crippen LogP contribution in [-0.4, -0.2) is 17.4 Å². The molecular formula is C5H11NO. The fourth-order valence-corrected chi connectivity index (χ4v) is 0.139. The molecule has 2 atom stereocenters. The summed E-state index contributed by atoms with van der Waals surface area (Å²) in [5, 5.41) is 15.3. The van der Waals surface area contributed by atoms with Crippen molar-refractivity contribution in [2.45, 2.75) is 20.0 Å². The molecule has 42 valence electrons. The second-order valence-electron chi connectivity index (χ2n) is 1.77. The topological polar surface area (TPSA) is 44.1 Å². The van der Waals surface area contributed by atoms with E-state index in [1.165, 1.54) is 6.21 Å². The maximum atomic E-state index is 8.67. The van der Waals surface area contributed by atoms with E-state index in [0.29, 0.717) is 0 Å². The molecule has 0 amide bonds. The number of aliphatic hydroxyl groups is 1. The van der Waals surface area contributed by atoms with Gasteiger partial charge >= 0.3 is 0 Å². The quantitative estimate of drug-likeness (QED) is 0.493. The molecule has 2 unspecified atom stereocenters. The van der Waals surface area contributed by atoms with E-state index >= 15 is 0 Å². The smallest absolute Gasteiger partial charge is 0.0586 e. The third-order valence-corrected chi connectivity index (χ3v) is 1.02. The number of aliphatic hydroxyl groups excluding tert-OH is 1. The molecule has 2 nitrogen and oxygen atoms in total. The minimum Gasteiger partial charge on any atom is -0.393 e. The molecule has 0 aliphatic rings. The van der Waals surface area contributed by atoms with Crippen LogP contribution in [0.25, 0.3) is 0 Å². The lowest BCUT2D eigenvalue weighted by atomic mass is 10.1. The van der Waals surface area contributed by atoms with Crippen LogP contribution in [-0.2, 0) is 0 Å². The van der Waals surface area contributed by atoms with Crippen LogP contribution in [0.5, 0.6) is 0 Å². The summed E-state index contributed by atoms with van der Waals surface area (Å²) in [7, 11) is 0. The fraction of sp³-hybridized carbons (Fsp3) is 0.800. The molecule has 2 N–H and O–H groups in total. The fourth-order valence-electron chi connectivity index (χ4n) is 0.139. The van der Waals surface area contributed by atoms with E-state index in [-0.39, 0.29) is 12.0 Å². The Morgan fingerprint density at radius 2 is 2.00 bits per heavy atom. The summed E-state index contributed by atoms with van der Waals surface area (Å²) in [5.74, 6) is -0.000000000000000222. The summed E-state index contributed by atoms with van der Waals surface area (Å²) in [5.41, 5.74) is 0. The van der Waals surface area contributed by atoms with Crippen LogP contribution in [0.1, 0.15) is 13.8 Å². The van der Waals surface area contributed by atoms with E-state index in [4.69, 9.17) is 10.5 Å². The zero-order chi connectivity index (χ0) is 5.86. The summed E-state index contributed by atoms with van der Waals surface area (Å²) in [6.07, 6.45) is 0.863. The van der Waals surface area contributed by atoms with Gasteiger partial charge in [0.1, 0.15) is 0 Å². The van der Waals surface area contributed by atoms with Gasteiger partial charge in [-0.25, -0.2) is 0 Å². The van der Waals surface area contributed by atoms with Crippen LogP contribution in [0.3, 0.4) is 0 Å². The molecule has 0 rings (SSSR count). The third kappa shape index (κ3) is 2.34. The van der Waals surface area contributed by atoms with Gasteiger partial charge in [-0.2, -0.15) is 0 Å². The Labute approximate surface area is 43.7 Å². The zero-order valence-electron chi connectivity index (χ0n) is 4.68. The minimum atomic E-state index is -0.377. The lowest BCUT2D eigenvalue weighted by Gasteiger charge is -2.05. The number of rotatable bonds is 2. The van der Waals surface area contributed by atoms with Crippen molar-refractivity contribution in [3.8, 4) is 0 Å². The molecule has 0 aromatic rings. The third-order valence-electron chi connectivity index (χ3n) is 1.02. The molecule has 0 aromatic heterocycles. The summed E-state index contributed by atoms with van der Waals surface area (Å²) < 4.78 is 0. The van der Waals surface area contributed by atoms with Crippen LogP contribution in [0.2, 0.25) is 0 Å². The van der Waals surface area contributed by atoms with Crippen molar-refractivity contribution < 1.29 is 5.11 Å². The first-order valence-electron chi connectivity index (χ1n) is 2.37. The highest BCUT2D eigenvalue weighted by molar-refractivity contribution is 5.56. The van der Waals surface area contributed by atoms with Gasteiger partial charge in [0, 0.05) is 12.1 Å². The van der Waals surface area contributed by atoms with Crippen LogP contribution < -0.4 is 0 Å². The molecule has 0 bridgehead atoms. The highest BCUT2D eigenvalue weighted by atomic mass is 16.3. The lowest BCUT2D eigenvalue weighted by Crippen LogP contribution is -2.12. The monoisotopic (exact) mass is 101 g/mol. The summed E-state index contributed by atoms with van der Waals surface area (Å²) in [6, 6.07) is 0. The molecule has 0 spiro atoms. The summed E-state index contributed by atoms with van der Waals surface area (Å²) in [6.45, 7) is 3.48. The van der Waals surface area contributed by atoms with E-state index < -0.39 is 0 Å². The average Bonchev–Trinajstić information content (AvgIpc) is 1.65. The Hall–Kier alpha value is -0.370. The molecule has 2 heteroatoms. The van der Waals surface area contributed by atoms with Gasteiger partial charge in [-0.15, -0.1) is 0 Å². The Bertz CT molecular complexity index is 61.1. The van der Waals surface area contributed by atoms with Gasteiger partial charge in [0.2, 0.25) is 0 Å². The first-order chi connectivity index (χ1) is 3.18. The van der Waals surface area contributed by atoms with Gasteiger partial charge in [0.05, 0.1) is 6.10 Å². The van der Waals surface area contributed by atoms with Crippen molar-refractivity contribution in [2.24, 2.45) is 5.92 Å². The van der Waals surface area contributed by atoms with Crippen molar-refractivity contribution in [3.63, 3.8) is 0 Å². The highest BCUT2D eigenvalue weighted by Crippen LogP contribution is 1.95. The van der Waals surface area contributed by atoms with E-state index in [2.05, 4.69) is 0 Å². The second-order valence-corrected chi connectivity index (χ2v) is 1.77. The molecule has 0 heterocycles. The minimum absolute atomic E-state index is 0.000000000000000222. The summed E-state index contributed by atoms with van der Waals surface area (Å²) >= 11 is 0. The highest BCUT2D eigenvalue weighted by Gasteiger charge is 2.01. The predicted octanol–water partition coefficient (Wildman–Crippen LogP) is 0.653.